The first-order chi connectivity index (χ1) is 8.93. The Morgan fingerprint density at radius 3 is 2.47 bits per heavy atom. The van der Waals surface area contributed by atoms with Crippen LogP contribution in [0.2, 0.25) is 0 Å². The number of carbonyl (C=O) groups is 2. The van der Waals surface area contributed by atoms with Crippen LogP contribution in [0.5, 0.6) is 0 Å². The first-order valence-corrected chi connectivity index (χ1v) is 6.64. The zero-order valence-corrected chi connectivity index (χ0v) is 12.0. The lowest BCUT2D eigenvalue weighted by Gasteiger charge is -2.22. The molecule has 0 saturated carbocycles. The zero-order chi connectivity index (χ0) is 14.8. The van der Waals surface area contributed by atoms with Gasteiger partial charge in [0.2, 0.25) is 5.91 Å². The van der Waals surface area contributed by atoms with E-state index in [-0.39, 0.29) is 17.6 Å². The molecular weight excluding hydrogens is 242 g/mol. The summed E-state index contributed by atoms with van der Waals surface area (Å²) in [5.74, 6) is -0.447. The van der Waals surface area contributed by atoms with E-state index in [0.29, 0.717) is 13.0 Å². The zero-order valence-electron chi connectivity index (χ0n) is 12.0. The minimum absolute atomic E-state index is 0.0442. The van der Waals surface area contributed by atoms with Crippen LogP contribution < -0.4 is 16.8 Å². The Balaban J connectivity index is 4.80. The van der Waals surface area contributed by atoms with Crippen molar-refractivity contribution < 1.29 is 9.59 Å². The van der Waals surface area contributed by atoms with E-state index < -0.39 is 12.1 Å². The lowest BCUT2D eigenvalue weighted by molar-refractivity contribution is -0.127. The first kappa shape index (κ1) is 17.6. The average Bonchev–Trinajstić information content (AvgIpc) is 2.39. The predicted molar refractivity (Wildman–Crippen MR) is 76.4 cm³/mol. The van der Waals surface area contributed by atoms with Crippen molar-refractivity contribution in [3.05, 3.63) is 17.9 Å². The van der Waals surface area contributed by atoms with E-state index in [4.69, 9.17) is 11.5 Å². The quantitative estimate of drug-likeness (QED) is 0.440. The van der Waals surface area contributed by atoms with Crippen LogP contribution in [-0.2, 0) is 9.59 Å². The predicted octanol–water partition coefficient (Wildman–Crippen LogP) is 0.494. The summed E-state index contributed by atoms with van der Waals surface area (Å²) in [5, 5.41) is 2.68. The molecule has 0 spiro atoms. The lowest BCUT2D eigenvalue weighted by Crippen LogP contribution is -2.49. The molecule has 0 aromatic heterocycles. The number of nitrogens with two attached hydrogens (primary N) is 2. The Morgan fingerprint density at radius 2 is 2.00 bits per heavy atom. The molecule has 5 nitrogen and oxygen atoms in total. The molecule has 5 N–H and O–H groups in total. The van der Waals surface area contributed by atoms with Crippen molar-refractivity contribution in [2.45, 2.75) is 45.7 Å². The van der Waals surface area contributed by atoms with E-state index >= 15 is 0 Å². The normalized spacial score (nSPS) is 14.8. The maximum Gasteiger partial charge on any atom is 0.237 e. The van der Waals surface area contributed by atoms with Gasteiger partial charge in [-0.25, -0.2) is 0 Å². The monoisotopic (exact) mass is 267 g/mol. The van der Waals surface area contributed by atoms with Crippen LogP contribution in [-0.4, -0.2) is 30.3 Å². The fraction of sp³-hybridized carbons (Fsp3) is 0.643. The fourth-order valence-electron chi connectivity index (χ4n) is 1.41. The second kappa shape index (κ2) is 9.50. The Labute approximate surface area is 115 Å². The largest absolute Gasteiger partial charge is 0.344 e. The van der Waals surface area contributed by atoms with Crippen LogP contribution in [0.4, 0.5) is 0 Å². The van der Waals surface area contributed by atoms with Crippen molar-refractivity contribution in [2.75, 3.05) is 6.54 Å². The lowest BCUT2D eigenvalue weighted by atomic mass is 9.95. The molecule has 0 fully saturated rings. The summed E-state index contributed by atoms with van der Waals surface area (Å²) >= 11 is 0. The van der Waals surface area contributed by atoms with E-state index in [1.807, 2.05) is 13.8 Å². The molecule has 0 heterocycles. The van der Waals surface area contributed by atoms with Gasteiger partial charge in [0.15, 0.2) is 5.78 Å². The van der Waals surface area contributed by atoms with Crippen LogP contribution in [0.3, 0.4) is 0 Å². The number of nitrogens with one attached hydrogen (secondary N) is 1. The Morgan fingerprint density at radius 1 is 1.37 bits per heavy atom. The van der Waals surface area contributed by atoms with Crippen molar-refractivity contribution in [3.63, 3.8) is 0 Å². The summed E-state index contributed by atoms with van der Waals surface area (Å²) in [6, 6.07) is -1.18. The number of amides is 1. The van der Waals surface area contributed by atoms with E-state index in [1.54, 1.807) is 13.0 Å². The highest BCUT2D eigenvalue weighted by Crippen LogP contribution is 2.09. The minimum Gasteiger partial charge on any atom is -0.344 e. The molecule has 1 amide bonds. The third-order valence-corrected chi connectivity index (χ3v) is 2.89. The third-order valence-electron chi connectivity index (χ3n) is 2.89. The number of ketones is 1. The molecule has 0 aliphatic heterocycles. The van der Waals surface area contributed by atoms with Gasteiger partial charge in [0.1, 0.15) is 0 Å². The van der Waals surface area contributed by atoms with Crippen LogP contribution in [0.25, 0.3) is 0 Å². The highest BCUT2D eigenvalue weighted by atomic mass is 16.2. The molecule has 0 rings (SSSR count). The highest BCUT2D eigenvalue weighted by Gasteiger charge is 2.24. The molecule has 0 aromatic carbocycles. The maximum absolute atomic E-state index is 12.0. The standard InChI is InChI=1S/C14H25N3O2/c1-4-10(2)13(17-14(19)11(3)16)12(18)8-6-5-7-9-15/h5,8,10-11,13H,4,7,9,15-16H2,1-3H3,(H,17,19)/t6?,10-,11-,13-/m0/s1. The van der Waals surface area contributed by atoms with Gasteiger partial charge < -0.3 is 16.8 Å². The summed E-state index contributed by atoms with van der Waals surface area (Å²) in [6.45, 7) is 5.99. The molecule has 0 aromatic rings. The van der Waals surface area contributed by atoms with Crippen molar-refractivity contribution in [1.82, 2.24) is 5.32 Å². The van der Waals surface area contributed by atoms with Crippen molar-refractivity contribution in [2.24, 2.45) is 17.4 Å². The van der Waals surface area contributed by atoms with Crippen LogP contribution in [0, 0.1) is 5.92 Å². The molecule has 108 valence electrons. The highest BCUT2D eigenvalue weighted by molar-refractivity contribution is 5.97. The molecule has 0 aliphatic rings. The van der Waals surface area contributed by atoms with Gasteiger partial charge >= 0.3 is 0 Å². The Hall–Kier alpha value is -1.42. The summed E-state index contributed by atoms with van der Waals surface area (Å²) in [5.41, 5.74) is 13.6. The molecular formula is C14H25N3O2. The van der Waals surface area contributed by atoms with Gasteiger partial charge in [0.25, 0.3) is 0 Å². The van der Waals surface area contributed by atoms with Gasteiger partial charge in [-0.2, -0.15) is 0 Å². The molecule has 3 atom stereocenters. The van der Waals surface area contributed by atoms with E-state index in [2.05, 4.69) is 11.0 Å². The van der Waals surface area contributed by atoms with E-state index in [0.717, 1.165) is 6.42 Å². The maximum atomic E-state index is 12.0. The topological polar surface area (TPSA) is 98.2 Å². The minimum atomic E-state index is -0.629. The van der Waals surface area contributed by atoms with Gasteiger partial charge in [-0.1, -0.05) is 20.3 Å². The van der Waals surface area contributed by atoms with Gasteiger partial charge in [-0.15, -0.1) is 5.73 Å². The number of hydrogen-bond acceptors (Lipinski definition) is 4. The van der Waals surface area contributed by atoms with Crippen molar-refractivity contribution in [1.29, 1.82) is 0 Å². The van der Waals surface area contributed by atoms with Crippen molar-refractivity contribution >= 4 is 11.7 Å². The SMILES string of the molecule is CC[C@H](C)[C@H](NC(=O)[C@H](C)N)C(=O)C=C=CCCN. The summed E-state index contributed by atoms with van der Waals surface area (Å²) < 4.78 is 0. The number of hydrogen-bond donors (Lipinski definition) is 3. The fourth-order valence-corrected chi connectivity index (χ4v) is 1.41. The summed E-state index contributed by atoms with van der Waals surface area (Å²) in [6.07, 6.45) is 4.52. The smallest absolute Gasteiger partial charge is 0.237 e. The van der Waals surface area contributed by atoms with Crippen LogP contribution >= 0.6 is 0 Å². The van der Waals surface area contributed by atoms with Gasteiger partial charge in [-0.3, -0.25) is 9.59 Å². The Bertz CT molecular complexity index is 358. The second-order valence-corrected chi connectivity index (χ2v) is 4.66. The molecule has 5 heteroatoms. The summed E-state index contributed by atoms with van der Waals surface area (Å²) in [4.78, 5) is 23.6. The Kier molecular flexibility index (Phi) is 8.79. The van der Waals surface area contributed by atoms with E-state index in [1.165, 1.54) is 6.08 Å². The van der Waals surface area contributed by atoms with Gasteiger partial charge in [-0.05, 0) is 31.9 Å². The van der Waals surface area contributed by atoms with Gasteiger partial charge in [0.05, 0.1) is 12.1 Å². The van der Waals surface area contributed by atoms with Crippen LogP contribution in [0.1, 0.15) is 33.6 Å². The van der Waals surface area contributed by atoms with Crippen LogP contribution in [0.15, 0.2) is 17.9 Å². The number of rotatable bonds is 8. The molecule has 0 aliphatic carbocycles. The van der Waals surface area contributed by atoms with E-state index in [9.17, 15) is 9.59 Å². The summed E-state index contributed by atoms with van der Waals surface area (Å²) in [7, 11) is 0. The number of carbonyl (C=O) groups excluding carboxylic acids is 2. The third kappa shape index (κ3) is 6.91. The van der Waals surface area contributed by atoms with Crippen molar-refractivity contribution in [3.8, 4) is 0 Å². The van der Waals surface area contributed by atoms with Gasteiger partial charge in [0, 0.05) is 6.08 Å². The molecule has 0 radical (unpaired) electrons. The molecule has 0 saturated heterocycles. The molecule has 0 unspecified atom stereocenters. The average molecular weight is 267 g/mol. The molecule has 19 heavy (non-hydrogen) atoms. The molecule has 0 bridgehead atoms. The second-order valence-electron chi connectivity index (χ2n) is 4.66. The first-order valence-electron chi connectivity index (χ1n) is 6.64.